The van der Waals surface area contributed by atoms with Gasteiger partial charge in [-0.25, -0.2) is 34.6 Å². The van der Waals surface area contributed by atoms with Crippen LogP contribution >= 0.6 is 11.6 Å². The zero-order valence-electron chi connectivity index (χ0n) is 21.4. The van der Waals surface area contributed by atoms with E-state index >= 15 is 0 Å². The molecule has 0 spiro atoms. The minimum atomic E-state index is -2.71. The summed E-state index contributed by atoms with van der Waals surface area (Å²) in [6, 6.07) is 11.0. The fourth-order valence-electron chi connectivity index (χ4n) is 4.06. The summed E-state index contributed by atoms with van der Waals surface area (Å²) in [5.41, 5.74) is 1.35. The topological polar surface area (TPSA) is 162 Å². The normalized spacial score (nSPS) is 12.7. The predicted octanol–water partition coefficient (Wildman–Crippen LogP) is 3.21. The minimum absolute atomic E-state index is 0.0576. The number of ether oxygens (including phenoxy) is 3. The molecule has 0 amide bonds. The smallest absolute Gasteiger partial charge is 0.213 e. The molecule has 0 saturated heterocycles. The van der Waals surface area contributed by atoms with Crippen LogP contribution in [-0.2, 0) is 11.3 Å². The van der Waals surface area contributed by atoms with E-state index in [2.05, 4.69) is 24.7 Å². The van der Waals surface area contributed by atoms with Crippen molar-refractivity contribution in [3.05, 3.63) is 71.5 Å². The number of halogens is 1. The van der Waals surface area contributed by atoms with E-state index in [9.17, 15) is 8.76 Å². The van der Waals surface area contributed by atoms with Crippen LogP contribution in [0.25, 0.3) is 28.5 Å². The van der Waals surface area contributed by atoms with Crippen molar-refractivity contribution in [1.82, 2.24) is 39.2 Å². The summed E-state index contributed by atoms with van der Waals surface area (Å²) in [6.07, 6.45) is 2.95. The molecule has 1 aromatic carbocycles. The van der Waals surface area contributed by atoms with Crippen LogP contribution in [0.15, 0.2) is 54.9 Å². The van der Waals surface area contributed by atoms with Crippen molar-refractivity contribution in [1.29, 1.82) is 0 Å². The predicted molar refractivity (Wildman–Crippen MR) is 145 cm³/mol. The molecule has 0 aliphatic heterocycles. The van der Waals surface area contributed by atoms with Crippen LogP contribution in [0.3, 0.4) is 0 Å². The number of nitrogens with one attached hydrogen (secondary N) is 1. The minimum Gasteiger partial charge on any atom is -0.760 e. The number of imidazole rings is 1. The molecule has 4 aromatic heterocycles. The Kier molecular flexibility index (Phi) is 8.11. The standard InChI is InChI=1S/C25H23ClN8O5S/c1-4-39-17-11-5-8-14(29-17)24-32-23-25(34(24)20-15(37-2)9-6-10-16(20)38-3)30-18(21(26)31-23)19(33-40(35)36)22-27-12-7-13-28-22/h5-13,19,33H,4H2,1-3H3,(H,35,36)/p-1. The van der Waals surface area contributed by atoms with Gasteiger partial charge in [-0.05, 0) is 31.2 Å². The van der Waals surface area contributed by atoms with Crippen molar-refractivity contribution in [2.45, 2.75) is 13.0 Å². The van der Waals surface area contributed by atoms with E-state index in [1.807, 2.05) is 6.92 Å². The van der Waals surface area contributed by atoms with Crippen molar-refractivity contribution in [2.24, 2.45) is 0 Å². The largest absolute Gasteiger partial charge is 0.760 e. The van der Waals surface area contributed by atoms with Gasteiger partial charge in [-0.1, -0.05) is 23.7 Å². The Balaban J connectivity index is 1.84. The highest BCUT2D eigenvalue weighted by molar-refractivity contribution is 7.77. The highest BCUT2D eigenvalue weighted by Gasteiger charge is 2.28. The van der Waals surface area contributed by atoms with Gasteiger partial charge in [0.2, 0.25) is 5.88 Å². The van der Waals surface area contributed by atoms with Gasteiger partial charge >= 0.3 is 0 Å². The van der Waals surface area contributed by atoms with Gasteiger partial charge in [0, 0.05) is 29.7 Å². The van der Waals surface area contributed by atoms with Crippen molar-refractivity contribution >= 4 is 34.2 Å². The molecule has 13 nitrogen and oxygen atoms in total. The van der Waals surface area contributed by atoms with Crippen molar-refractivity contribution < 1.29 is 23.0 Å². The second-order valence-corrected chi connectivity index (χ2v) is 9.08. The molecule has 0 fully saturated rings. The molecule has 40 heavy (non-hydrogen) atoms. The summed E-state index contributed by atoms with van der Waals surface area (Å²) >= 11 is 3.85. The summed E-state index contributed by atoms with van der Waals surface area (Å²) in [5, 5.41) is -0.0953. The summed E-state index contributed by atoms with van der Waals surface area (Å²) in [7, 11) is 3.05. The molecule has 4 heterocycles. The van der Waals surface area contributed by atoms with Crippen molar-refractivity contribution in [2.75, 3.05) is 20.8 Å². The first-order valence-electron chi connectivity index (χ1n) is 11.8. The van der Waals surface area contributed by atoms with Crippen LogP contribution in [0.2, 0.25) is 5.15 Å². The van der Waals surface area contributed by atoms with E-state index in [-0.39, 0.29) is 28.0 Å². The third-order valence-electron chi connectivity index (χ3n) is 5.68. The van der Waals surface area contributed by atoms with Gasteiger partial charge in [-0.15, -0.1) is 0 Å². The van der Waals surface area contributed by atoms with Gasteiger partial charge < -0.3 is 18.8 Å². The van der Waals surface area contributed by atoms with Crippen LogP contribution < -0.4 is 18.9 Å². The highest BCUT2D eigenvalue weighted by Crippen LogP contribution is 2.38. The number of rotatable bonds is 10. The van der Waals surface area contributed by atoms with Crippen LogP contribution in [0.4, 0.5) is 0 Å². The number of para-hydroxylation sites is 1. The number of pyridine rings is 1. The van der Waals surface area contributed by atoms with Gasteiger partial charge in [0.05, 0.1) is 20.8 Å². The summed E-state index contributed by atoms with van der Waals surface area (Å²) < 4.78 is 44.5. The number of benzene rings is 1. The SMILES string of the molecule is CCOc1cccc(-c2nc3nc(Cl)c(C(NS(=O)[O-])c4ncccn4)nc3n2-c2c(OC)cccc2OC)n1. The van der Waals surface area contributed by atoms with Crippen LogP contribution in [0, 0.1) is 0 Å². The maximum absolute atomic E-state index is 11.7. The van der Waals surface area contributed by atoms with Crippen LogP contribution in [-0.4, -0.2) is 64.1 Å². The Labute approximate surface area is 236 Å². The van der Waals surface area contributed by atoms with Gasteiger partial charge in [-0.2, -0.15) is 0 Å². The molecule has 0 aliphatic carbocycles. The summed E-state index contributed by atoms with van der Waals surface area (Å²) in [4.78, 5) is 26.9. The molecule has 0 aliphatic rings. The van der Waals surface area contributed by atoms with Gasteiger partial charge in [0.15, 0.2) is 28.1 Å². The lowest BCUT2D eigenvalue weighted by Gasteiger charge is -2.19. The lowest BCUT2D eigenvalue weighted by atomic mass is 10.2. The first kappa shape index (κ1) is 27.3. The number of nitrogens with zero attached hydrogens (tertiary/aromatic N) is 7. The molecule has 5 rings (SSSR count). The van der Waals surface area contributed by atoms with Gasteiger partial charge in [-0.3, -0.25) is 8.78 Å². The quantitative estimate of drug-likeness (QED) is 0.241. The zero-order chi connectivity index (χ0) is 28.2. The first-order valence-corrected chi connectivity index (χ1v) is 13.3. The van der Waals surface area contributed by atoms with Crippen molar-refractivity contribution in [3.63, 3.8) is 0 Å². The Morgan fingerprint density at radius 2 is 1.70 bits per heavy atom. The Morgan fingerprint density at radius 1 is 1.00 bits per heavy atom. The number of aromatic nitrogens is 7. The molecule has 5 aromatic rings. The van der Waals surface area contributed by atoms with Gasteiger partial charge in [0.1, 0.15) is 34.6 Å². The van der Waals surface area contributed by atoms with E-state index in [0.29, 0.717) is 41.2 Å². The zero-order valence-corrected chi connectivity index (χ0v) is 23.0. The average molecular weight is 582 g/mol. The molecule has 1 N–H and O–H groups in total. The van der Waals surface area contributed by atoms with E-state index in [0.717, 1.165) is 0 Å². The average Bonchev–Trinajstić information content (AvgIpc) is 3.33. The Bertz CT molecular complexity index is 1670. The maximum Gasteiger partial charge on any atom is 0.213 e. The first-order chi connectivity index (χ1) is 19.4. The molecule has 206 valence electrons. The fraction of sp³-hybridized carbons (Fsp3) is 0.200. The molecule has 0 bridgehead atoms. The monoisotopic (exact) mass is 581 g/mol. The number of hydrogen-bond acceptors (Lipinski definition) is 11. The molecule has 15 heteroatoms. The molecular formula is C25H22ClN8O5S-. The second kappa shape index (κ2) is 11.9. The summed E-state index contributed by atoms with van der Waals surface area (Å²) in [5.74, 6) is 1.74. The van der Waals surface area contributed by atoms with Crippen LogP contribution in [0.1, 0.15) is 24.5 Å². The van der Waals surface area contributed by atoms with Crippen molar-refractivity contribution in [3.8, 4) is 34.6 Å². The Morgan fingerprint density at radius 3 is 2.35 bits per heavy atom. The van der Waals surface area contributed by atoms with E-state index in [4.69, 9.17) is 35.8 Å². The number of methoxy groups -OCH3 is 2. The number of fused-ring (bicyclic) bond motifs is 1. The fourth-order valence-corrected chi connectivity index (χ4v) is 4.70. The lowest BCUT2D eigenvalue weighted by Crippen LogP contribution is -2.27. The van der Waals surface area contributed by atoms with E-state index in [1.54, 1.807) is 47.0 Å². The number of hydrogen-bond donors (Lipinski definition) is 1. The van der Waals surface area contributed by atoms with Gasteiger partial charge in [0.25, 0.3) is 0 Å². The van der Waals surface area contributed by atoms with E-state index < -0.39 is 17.3 Å². The molecule has 2 atom stereocenters. The summed E-state index contributed by atoms with van der Waals surface area (Å²) in [6.45, 7) is 2.28. The molecule has 0 saturated carbocycles. The highest BCUT2D eigenvalue weighted by atomic mass is 35.5. The van der Waals surface area contributed by atoms with Crippen LogP contribution in [0.5, 0.6) is 17.4 Å². The van der Waals surface area contributed by atoms with E-state index in [1.165, 1.54) is 26.6 Å². The molecular weight excluding hydrogens is 560 g/mol. The lowest BCUT2D eigenvalue weighted by molar-refractivity contribution is 0.327. The third kappa shape index (κ3) is 5.29. The Hall–Kier alpha value is -4.24. The second-order valence-electron chi connectivity index (χ2n) is 8.02. The molecule has 0 radical (unpaired) electrons. The molecule has 2 unspecified atom stereocenters. The maximum atomic E-state index is 11.7. The third-order valence-corrected chi connectivity index (χ3v) is 6.39.